The number of fused-ring (bicyclic) bond motifs is 5. The van der Waals surface area contributed by atoms with E-state index >= 15 is 0 Å². The van der Waals surface area contributed by atoms with Gasteiger partial charge < -0.3 is 9.25 Å². The number of hydrogen-bond donors (Lipinski definition) is 0. The van der Waals surface area contributed by atoms with Crippen molar-refractivity contribution in [3.05, 3.63) is 82.3 Å². The molecular weight excluding hydrogens is 402 g/mol. The summed E-state index contributed by atoms with van der Waals surface area (Å²) >= 11 is 0. The van der Waals surface area contributed by atoms with Crippen LogP contribution >= 0.6 is 0 Å². The molecule has 3 aromatic heterocycles. The van der Waals surface area contributed by atoms with Crippen molar-refractivity contribution >= 4 is 49.0 Å². The molecule has 3 heteroatoms. The highest BCUT2D eigenvalue weighted by Crippen LogP contribution is 2.43. The summed E-state index contributed by atoms with van der Waals surface area (Å²) in [6.07, 6.45) is 2.92. The van der Waals surface area contributed by atoms with E-state index in [1.165, 1.54) is 71.3 Å². The molecule has 0 aliphatic rings. The first-order chi connectivity index (χ1) is 15.7. The van der Waals surface area contributed by atoms with Crippen LogP contribution in [0, 0.1) is 27.3 Å². The van der Waals surface area contributed by atoms with Crippen LogP contribution in [0.2, 0.25) is 0 Å². The third-order valence-corrected chi connectivity index (χ3v) is 7.68. The minimum atomic E-state index is -0.423. The van der Waals surface area contributed by atoms with Crippen LogP contribution in [-0.2, 0) is 13.5 Å². The van der Waals surface area contributed by atoms with Gasteiger partial charge in [0.2, 0.25) is 11.1 Å². The maximum atomic E-state index is 7.65. The zero-order valence-electron chi connectivity index (χ0n) is 20.2. The Kier molecular flexibility index (Phi) is 3.91. The van der Waals surface area contributed by atoms with Crippen LogP contribution in [0.1, 0.15) is 36.1 Å². The van der Waals surface area contributed by atoms with Gasteiger partial charge in [-0.3, -0.25) is 0 Å². The predicted molar refractivity (Wildman–Crippen MR) is 138 cm³/mol. The van der Waals surface area contributed by atoms with Gasteiger partial charge in [0, 0.05) is 30.7 Å². The number of nitrogens with zero attached hydrogens (tertiary/aromatic N) is 3. The molecule has 0 saturated carbocycles. The molecule has 3 aromatic carbocycles. The van der Waals surface area contributed by atoms with Crippen molar-refractivity contribution in [3.63, 3.8) is 0 Å². The van der Waals surface area contributed by atoms with Crippen molar-refractivity contribution in [2.45, 2.75) is 46.6 Å². The van der Waals surface area contributed by atoms with Crippen LogP contribution < -0.4 is 4.57 Å². The van der Waals surface area contributed by atoms with E-state index in [-0.39, 0.29) is 0 Å². The first kappa shape index (κ1) is 20.0. The number of rotatable bonds is 2. The Labute approximate surface area is 194 Å². The fourth-order valence-electron chi connectivity index (χ4n) is 5.89. The average molecular weight is 431 g/mol. The molecule has 0 aliphatic carbocycles. The van der Waals surface area contributed by atoms with E-state index in [4.69, 9.17) is 6.57 Å². The topological polar surface area (TPSA) is 12.7 Å². The van der Waals surface area contributed by atoms with Gasteiger partial charge in [-0.2, -0.15) is 0 Å². The first-order valence-electron chi connectivity index (χ1n) is 11.6. The Morgan fingerprint density at radius 2 is 1.64 bits per heavy atom. The van der Waals surface area contributed by atoms with Gasteiger partial charge in [-0.1, -0.05) is 24.3 Å². The van der Waals surface area contributed by atoms with Crippen LogP contribution in [-0.4, -0.2) is 9.94 Å². The van der Waals surface area contributed by atoms with Crippen molar-refractivity contribution < 1.29 is 4.57 Å². The number of benzene rings is 3. The van der Waals surface area contributed by atoms with Crippen LogP contribution in [0.4, 0.5) is 0 Å². The highest BCUT2D eigenvalue weighted by Gasteiger charge is 2.28. The van der Waals surface area contributed by atoms with Crippen LogP contribution in [0.3, 0.4) is 0 Å². The summed E-state index contributed by atoms with van der Waals surface area (Å²) in [6.45, 7) is 18.5. The fourth-order valence-corrected chi connectivity index (χ4v) is 5.89. The largest absolute Gasteiger partial charge is 0.311 e. The van der Waals surface area contributed by atoms with E-state index in [1.807, 2.05) is 13.8 Å². The summed E-state index contributed by atoms with van der Waals surface area (Å²) in [5.41, 5.74) is 9.98. The molecule has 6 aromatic rings. The van der Waals surface area contributed by atoms with E-state index in [9.17, 15) is 0 Å². The first-order valence-corrected chi connectivity index (χ1v) is 11.6. The Balaban J connectivity index is 1.98. The lowest BCUT2D eigenvalue weighted by atomic mass is 9.91. The van der Waals surface area contributed by atoms with Crippen molar-refractivity contribution in [2.75, 3.05) is 0 Å². The second-order valence-electron chi connectivity index (χ2n) is 10.3. The number of aromatic nitrogens is 2. The summed E-state index contributed by atoms with van der Waals surface area (Å²) in [5.74, 6) is 0. The summed E-state index contributed by atoms with van der Waals surface area (Å²) < 4.78 is 4.77. The zero-order valence-corrected chi connectivity index (χ0v) is 20.2. The van der Waals surface area contributed by atoms with Gasteiger partial charge in [0.05, 0.1) is 33.7 Å². The molecule has 0 radical (unpaired) electrons. The summed E-state index contributed by atoms with van der Waals surface area (Å²) in [4.78, 5) is 3.88. The standard InChI is InChI=1S/C30H28N3/c1-17-18(2)25-22-10-8-9-11-23(22)33-24-15-20(16-30(4,5)31-6)14-21-12-13-32(7)28(27(21)24)26(19(17)3)29(25)33/h8-15H,16H2,1-5,7H3/q+1. The minimum absolute atomic E-state index is 0.423. The van der Waals surface area contributed by atoms with E-state index < -0.39 is 5.54 Å². The molecule has 33 heavy (non-hydrogen) atoms. The summed E-state index contributed by atoms with van der Waals surface area (Å²) in [7, 11) is 2.16. The van der Waals surface area contributed by atoms with Crippen molar-refractivity contribution in [1.29, 1.82) is 0 Å². The van der Waals surface area contributed by atoms with Crippen LogP contribution in [0.25, 0.3) is 53.8 Å². The Bertz CT molecular complexity index is 1810. The molecule has 0 aliphatic heterocycles. The van der Waals surface area contributed by atoms with Gasteiger partial charge in [-0.15, -0.1) is 0 Å². The second-order valence-corrected chi connectivity index (χ2v) is 10.3. The second kappa shape index (κ2) is 6.45. The number of para-hydroxylation sites is 1. The molecule has 0 saturated heterocycles. The van der Waals surface area contributed by atoms with Gasteiger partial charge in [-0.05, 0) is 60.5 Å². The summed E-state index contributed by atoms with van der Waals surface area (Å²) in [5, 5.41) is 6.55. The molecule has 0 bridgehead atoms. The lowest BCUT2D eigenvalue weighted by Crippen LogP contribution is -2.29. The van der Waals surface area contributed by atoms with Gasteiger partial charge >= 0.3 is 0 Å². The van der Waals surface area contributed by atoms with Gasteiger partial charge in [0.1, 0.15) is 7.05 Å². The Morgan fingerprint density at radius 3 is 2.39 bits per heavy atom. The fraction of sp³-hybridized carbons (Fsp3) is 0.267. The third kappa shape index (κ3) is 2.52. The Hall–Kier alpha value is -3.64. The number of hydrogen-bond acceptors (Lipinski definition) is 0. The molecule has 3 heterocycles. The molecule has 162 valence electrons. The number of pyridine rings is 2. The van der Waals surface area contributed by atoms with Crippen molar-refractivity contribution in [2.24, 2.45) is 7.05 Å². The quantitative estimate of drug-likeness (QED) is 0.122. The minimum Gasteiger partial charge on any atom is -0.311 e. The monoisotopic (exact) mass is 430 g/mol. The molecular formula is C30H28N3+. The maximum absolute atomic E-state index is 7.65. The molecule has 0 unspecified atom stereocenters. The molecule has 0 atom stereocenters. The molecule has 0 amide bonds. The van der Waals surface area contributed by atoms with Gasteiger partial charge in [0.25, 0.3) is 0 Å². The highest BCUT2D eigenvalue weighted by atomic mass is 15.0. The zero-order chi connectivity index (χ0) is 23.2. The smallest absolute Gasteiger partial charge is 0.231 e. The van der Waals surface area contributed by atoms with Gasteiger partial charge in [-0.25, -0.2) is 11.1 Å². The van der Waals surface area contributed by atoms with Crippen molar-refractivity contribution in [3.8, 4) is 0 Å². The lowest BCUT2D eigenvalue weighted by Gasteiger charge is -2.17. The molecule has 0 N–H and O–H groups in total. The average Bonchev–Trinajstić information content (AvgIpc) is 3.14. The summed E-state index contributed by atoms with van der Waals surface area (Å²) in [6, 6.07) is 15.6. The van der Waals surface area contributed by atoms with E-state index in [1.54, 1.807) is 0 Å². The molecule has 6 rings (SSSR count). The highest BCUT2D eigenvalue weighted by molar-refractivity contribution is 6.26. The lowest BCUT2D eigenvalue weighted by molar-refractivity contribution is -0.643. The van der Waals surface area contributed by atoms with Crippen molar-refractivity contribution in [1.82, 2.24) is 4.40 Å². The maximum Gasteiger partial charge on any atom is 0.231 e. The van der Waals surface area contributed by atoms with Crippen LogP contribution in [0.15, 0.2) is 48.7 Å². The van der Waals surface area contributed by atoms with Crippen LogP contribution in [0.5, 0.6) is 0 Å². The SMILES string of the molecule is [C-]#[N+]C(C)(C)Cc1cc2cc[n+](C)c3c4c(C)c(C)c(C)c5c6ccccc6n(c(c1)c23)c54. The van der Waals surface area contributed by atoms with E-state index in [0.717, 1.165) is 6.42 Å². The molecule has 0 spiro atoms. The van der Waals surface area contributed by atoms with Gasteiger partial charge in [0.15, 0.2) is 6.20 Å². The third-order valence-electron chi connectivity index (χ3n) is 7.68. The number of aryl methyl sites for hydroxylation is 3. The van der Waals surface area contributed by atoms with E-state index in [2.05, 4.69) is 90.3 Å². The van der Waals surface area contributed by atoms with E-state index in [0.29, 0.717) is 0 Å². The molecule has 3 nitrogen and oxygen atoms in total. The molecule has 0 fully saturated rings. The normalized spacial score (nSPS) is 12.6. The Morgan fingerprint density at radius 1 is 0.909 bits per heavy atom. The predicted octanol–water partition coefficient (Wildman–Crippen LogP) is 6.98.